The molecule has 1 heterocycles. The summed E-state index contributed by atoms with van der Waals surface area (Å²) < 4.78 is 2.51. The first-order valence-corrected chi connectivity index (χ1v) is 28.0. The molecule has 0 saturated carbocycles. The summed E-state index contributed by atoms with van der Waals surface area (Å²) in [7, 11) is 0. The summed E-state index contributed by atoms with van der Waals surface area (Å²) in [5, 5.41) is 7.31. The van der Waals surface area contributed by atoms with E-state index in [2.05, 4.69) is 326 Å². The predicted molar refractivity (Wildman–Crippen MR) is 345 cm³/mol. The summed E-state index contributed by atoms with van der Waals surface area (Å²) in [6, 6.07) is 118. The van der Waals surface area contributed by atoms with Gasteiger partial charge in [-0.1, -0.05) is 279 Å². The molecule has 1 heteroatoms. The lowest BCUT2D eigenvalue weighted by atomic mass is 9.89. The molecule has 1 nitrogen and oxygen atoms in total. The Morgan fingerprint density at radius 2 is 0.506 bits per heavy atom. The van der Waals surface area contributed by atoms with E-state index >= 15 is 0 Å². The Morgan fingerprint density at radius 3 is 1.00 bits per heavy atom. The van der Waals surface area contributed by atoms with Crippen LogP contribution in [0.3, 0.4) is 0 Å². The molecule has 0 atom stereocenters. The third-order valence-electron chi connectivity index (χ3n) is 16.5. The van der Waals surface area contributed by atoms with Crippen molar-refractivity contribution in [2.24, 2.45) is 0 Å². The van der Waals surface area contributed by atoms with Crippen molar-refractivity contribution < 1.29 is 0 Å². The Hall–Kier alpha value is -10.6. The first kappa shape index (κ1) is 47.6. The van der Waals surface area contributed by atoms with E-state index in [4.69, 9.17) is 0 Å². The van der Waals surface area contributed by atoms with Crippen molar-refractivity contribution in [3.8, 4) is 106 Å². The second-order valence-electron chi connectivity index (χ2n) is 21.1. The zero-order valence-electron chi connectivity index (χ0n) is 44.5. The van der Waals surface area contributed by atoms with E-state index in [0.29, 0.717) is 0 Å². The molecule has 14 aromatic carbocycles. The minimum Gasteiger partial charge on any atom is -0.309 e. The molecular weight excluding hydrogens is 975 g/mol. The second kappa shape index (κ2) is 20.3. The van der Waals surface area contributed by atoms with Crippen molar-refractivity contribution >= 4 is 43.4 Å². The van der Waals surface area contributed by atoms with Gasteiger partial charge in [0.1, 0.15) is 0 Å². The minimum absolute atomic E-state index is 1.15. The molecule has 378 valence electrons. The number of aromatic nitrogens is 1. The van der Waals surface area contributed by atoms with Gasteiger partial charge in [0.2, 0.25) is 0 Å². The van der Waals surface area contributed by atoms with Crippen LogP contribution < -0.4 is 0 Å². The highest BCUT2D eigenvalue weighted by Gasteiger charge is 2.21. The van der Waals surface area contributed by atoms with Gasteiger partial charge in [-0.2, -0.15) is 0 Å². The van der Waals surface area contributed by atoms with Crippen molar-refractivity contribution in [2.45, 2.75) is 0 Å². The molecule has 81 heavy (non-hydrogen) atoms. The van der Waals surface area contributed by atoms with Crippen molar-refractivity contribution in [3.05, 3.63) is 322 Å². The lowest BCUT2D eigenvalue weighted by Gasteiger charge is -2.17. The van der Waals surface area contributed by atoms with E-state index in [0.717, 1.165) is 16.7 Å². The summed E-state index contributed by atoms with van der Waals surface area (Å²) >= 11 is 0. The Kier molecular flexibility index (Phi) is 11.9. The van der Waals surface area contributed by atoms with Crippen LogP contribution in [0.4, 0.5) is 0 Å². The van der Waals surface area contributed by atoms with Crippen LogP contribution in [-0.2, 0) is 0 Å². The molecule has 0 radical (unpaired) electrons. The van der Waals surface area contributed by atoms with Crippen molar-refractivity contribution in [2.75, 3.05) is 0 Å². The molecule has 15 aromatic rings. The number of rotatable bonds is 10. The maximum Gasteiger partial charge on any atom is 0.0541 e. The number of hydrogen-bond donors (Lipinski definition) is 0. The fourth-order valence-electron chi connectivity index (χ4n) is 12.4. The number of hydrogen-bond acceptors (Lipinski definition) is 0. The molecule has 0 fully saturated rings. The van der Waals surface area contributed by atoms with Crippen LogP contribution in [0.1, 0.15) is 0 Å². The number of fused-ring (bicyclic) bond motifs is 5. The molecule has 0 bridgehead atoms. The highest BCUT2D eigenvalue weighted by molar-refractivity contribution is 6.15. The quantitative estimate of drug-likeness (QED) is 0.129. The molecule has 0 aliphatic carbocycles. The normalized spacial score (nSPS) is 11.5. The van der Waals surface area contributed by atoms with Crippen LogP contribution in [0.15, 0.2) is 322 Å². The van der Waals surface area contributed by atoms with Crippen molar-refractivity contribution in [1.82, 2.24) is 4.57 Å². The summed E-state index contributed by atoms with van der Waals surface area (Å²) in [5.74, 6) is 0. The van der Waals surface area contributed by atoms with Crippen molar-refractivity contribution in [1.29, 1.82) is 0 Å². The summed E-state index contributed by atoms with van der Waals surface area (Å²) in [4.78, 5) is 0. The average molecular weight is 1030 g/mol. The van der Waals surface area contributed by atoms with Gasteiger partial charge in [0.05, 0.1) is 16.7 Å². The van der Waals surface area contributed by atoms with Gasteiger partial charge in [-0.15, -0.1) is 0 Å². The Bertz CT molecular complexity index is 4570. The molecule has 0 aliphatic heterocycles. The van der Waals surface area contributed by atoms with E-state index in [9.17, 15) is 0 Å². The highest BCUT2D eigenvalue weighted by atomic mass is 15.0. The SMILES string of the molecule is c1ccc(-c2ccc(-c3ccc(-c4ccc5c(c4)c4cc(-c6ccc(-c7ccc(-c8ccccc8)cc7)cc6-c6ccccc6)ccc4n5-c4ccc(-c5cccc6ccccc56)c5ccccc45)c(-c4ccccc4)c3)cc2)cc1. The van der Waals surface area contributed by atoms with Crippen LogP contribution >= 0.6 is 0 Å². The average Bonchev–Trinajstić information content (AvgIpc) is 3.82. The second-order valence-corrected chi connectivity index (χ2v) is 21.1. The highest BCUT2D eigenvalue weighted by Crippen LogP contribution is 2.45. The lowest BCUT2D eigenvalue weighted by Crippen LogP contribution is -1.97. The molecular formula is C80H53N. The first-order chi connectivity index (χ1) is 40.2. The van der Waals surface area contributed by atoms with Gasteiger partial charge in [0.25, 0.3) is 0 Å². The van der Waals surface area contributed by atoms with Gasteiger partial charge in [-0.05, 0) is 159 Å². The van der Waals surface area contributed by atoms with Gasteiger partial charge >= 0.3 is 0 Å². The molecule has 15 rings (SSSR count). The molecule has 0 N–H and O–H groups in total. The lowest BCUT2D eigenvalue weighted by molar-refractivity contribution is 1.20. The zero-order chi connectivity index (χ0) is 53.6. The number of benzene rings is 14. The maximum absolute atomic E-state index is 2.51. The van der Waals surface area contributed by atoms with E-state index in [-0.39, 0.29) is 0 Å². The van der Waals surface area contributed by atoms with Crippen molar-refractivity contribution in [3.63, 3.8) is 0 Å². The Balaban J connectivity index is 0.921. The van der Waals surface area contributed by atoms with Gasteiger partial charge in [0.15, 0.2) is 0 Å². The summed E-state index contributed by atoms with van der Waals surface area (Å²) in [6.45, 7) is 0. The van der Waals surface area contributed by atoms with Crippen LogP contribution in [0.5, 0.6) is 0 Å². The number of nitrogens with zero attached hydrogens (tertiary/aromatic N) is 1. The van der Waals surface area contributed by atoms with Crippen LogP contribution in [-0.4, -0.2) is 4.57 Å². The van der Waals surface area contributed by atoms with E-state index in [1.165, 1.54) is 132 Å². The summed E-state index contributed by atoms with van der Waals surface area (Å²) in [6.07, 6.45) is 0. The topological polar surface area (TPSA) is 4.93 Å². The van der Waals surface area contributed by atoms with E-state index in [1.54, 1.807) is 0 Å². The Labute approximate surface area is 472 Å². The third-order valence-corrected chi connectivity index (χ3v) is 16.5. The molecule has 0 amide bonds. The molecule has 0 saturated heterocycles. The van der Waals surface area contributed by atoms with Gasteiger partial charge in [0, 0.05) is 16.2 Å². The largest absolute Gasteiger partial charge is 0.309 e. The van der Waals surface area contributed by atoms with E-state index in [1.807, 2.05) is 0 Å². The summed E-state index contributed by atoms with van der Waals surface area (Å²) in [5.41, 5.74) is 25.0. The zero-order valence-corrected chi connectivity index (χ0v) is 44.5. The molecule has 0 spiro atoms. The smallest absolute Gasteiger partial charge is 0.0541 e. The minimum atomic E-state index is 1.15. The molecule has 0 unspecified atom stereocenters. The predicted octanol–water partition coefficient (Wildman–Crippen LogP) is 22.1. The monoisotopic (exact) mass is 1030 g/mol. The van der Waals surface area contributed by atoms with Crippen LogP contribution in [0, 0.1) is 0 Å². The Morgan fingerprint density at radius 1 is 0.160 bits per heavy atom. The maximum atomic E-state index is 2.51. The van der Waals surface area contributed by atoms with Gasteiger partial charge in [-0.25, -0.2) is 0 Å². The fourth-order valence-corrected chi connectivity index (χ4v) is 12.4. The standard InChI is InChI=1S/C80H53N/c1-5-18-54(19-6-1)56-32-36-58(37-33-56)63-40-44-68(74(50-63)61-22-9-3-10-23-61)65-42-47-79-76(52-65)77-53-66(69-45-41-64(51-75(69)62-24-11-4-12-25-62)59-38-34-57(35-39-59)55-20-7-2-8-21-55)43-48-80(77)81(79)78-49-46-72(71-29-15-16-30-73(71)78)70-31-17-27-60-26-13-14-28-67(60)70/h1-53H. The van der Waals surface area contributed by atoms with Crippen LogP contribution in [0.2, 0.25) is 0 Å². The first-order valence-electron chi connectivity index (χ1n) is 28.0. The van der Waals surface area contributed by atoms with Crippen LogP contribution in [0.25, 0.3) is 149 Å². The fraction of sp³-hybridized carbons (Fsp3) is 0. The van der Waals surface area contributed by atoms with Gasteiger partial charge in [-0.3, -0.25) is 0 Å². The van der Waals surface area contributed by atoms with Gasteiger partial charge < -0.3 is 4.57 Å². The molecule has 0 aliphatic rings. The molecule has 1 aromatic heterocycles. The third kappa shape index (κ3) is 8.70. The van der Waals surface area contributed by atoms with E-state index < -0.39 is 0 Å².